The fourth-order valence-electron chi connectivity index (χ4n) is 2.26. The molecule has 0 saturated carbocycles. The van der Waals surface area contributed by atoms with Gasteiger partial charge in [-0.1, -0.05) is 34.1 Å². The molecule has 0 amide bonds. The lowest BCUT2D eigenvalue weighted by atomic mass is 9.96. The summed E-state index contributed by atoms with van der Waals surface area (Å²) in [4.78, 5) is 8.50. The number of thiazole rings is 1. The molecule has 5 heteroatoms. The molecule has 0 saturated heterocycles. The Morgan fingerprint density at radius 2 is 2.05 bits per heavy atom. The standard InChI is InChI=1S/C16H31N3OS/c1-7-8-13-14(11-17-9-10-20-6)21-15(18-13)19(5)12-16(2,3)4/h17H,7-12H2,1-6H3. The van der Waals surface area contributed by atoms with E-state index in [4.69, 9.17) is 9.72 Å². The molecule has 0 atom stereocenters. The normalized spacial score (nSPS) is 11.9. The van der Waals surface area contributed by atoms with Crippen molar-refractivity contribution >= 4 is 16.5 Å². The van der Waals surface area contributed by atoms with Crippen LogP contribution in [0.4, 0.5) is 5.13 Å². The molecule has 122 valence electrons. The van der Waals surface area contributed by atoms with Gasteiger partial charge >= 0.3 is 0 Å². The highest BCUT2D eigenvalue weighted by molar-refractivity contribution is 7.15. The number of aryl methyl sites for hydroxylation is 1. The van der Waals surface area contributed by atoms with Gasteiger partial charge in [0, 0.05) is 38.7 Å². The Hall–Kier alpha value is -0.650. The molecule has 0 bridgehead atoms. The molecule has 0 aliphatic heterocycles. The van der Waals surface area contributed by atoms with Crippen molar-refractivity contribution in [1.82, 2.24) is 10.3 Å². The van der Waals surface area contributed by atoms with Gasteiger partial charge in [-0.3, -0.25) is 0 Å². The van der Waals surface area contributed by atoms with Crippen molar-refractivity contribution in [3.63, 3.8) is 0 Å². The predicted molar refractivity (Wildman–Crippen MR) is 92.4 cm³/mol. The van der Waals surface area contributed by atoms with Crippen LogP contribution >= 0.6 is 11.3 Å². The van der Waals surface area contributed by atoms with Crippen molar-refractivity contribution in [3.05, 3.63) is 10.6 Å². The summed E-state index contributed by atoms with van der Waals surface area (Å²) in [6.45, 7) is 12.5. The first-order valence-electron chi connectivity index (χ1n) is 7.76. The Morgan fingerprint density at radius 1 is 1.33 bits per heavy atom. The molecule has 1 aromatic rings. The minimum atomic E-state index is 0.280. The fourth-order valence-corrected chi connectivity index (χ4v) is 3.29. The summed E-state index contributed by atoms with van der Waals surface area (Å²) in [5, 5.41) is 4.56. The molecule has 1 N–H and O–H groups in total. The van der Waals surface area contributed by atoms with E-state index in [9.17, 15) is 0 Å². The van der Waals surface area contributed by atoms with Gasteiger partial charge in [-0.05, 0) is 11.8 Å². The maximum absolute atomic E-state index is 5.07. The first-order chi connectivity index (χ1) is 9.87. The molecule has 4 nitrogen and oxygen atoms in total. The van der Waals surface area contributed by atoms with Gasteiger partial charge in [0.25, 0.3) is 0 Å². The van der Waals surface area contributed by atoms with E-state index in [-0.39, 0.29) is 5.41 Å². The third-order valence-electron chi connectivity index (χ3n) is 3.06. The van der Waals surface area contributed by atoms with Gasteiger partial charge in [-0.15, -0.1) is 11.3 Å². The maximum Gasteiger partial charge on any atom is 0.185 e. The van der Waals surface area contributed by atoms with Crippen molar-refractivity contribution in [2.45, 2.75) is 47.1 Å². The van der Waals surface area contributed by atoms with Crippen molar-refractivity contribution in [2.24, 2.45) is 5.41 Å². The van der Waals surface area contributed by atoms with Gasteiger partial charge in [0.2, 0.25) is 0 Å². The fraction of sp³-hybridized carbons (Fsp3) is 0.812. The van der Waals surface area contributed by atoms with Gasteiger partial charge in [0.15, 0.2) is 5.13 Å². The Balaban J connectivity index is 2.73. The molecule has 0 radical (unpaired) electrons. The Labute approximate surface area is 133 Å². The number of ether oxygens (including phenoxy) is 1. The second-order valence-electron chi connectivity index (χ2n) is 6.70. The zero-order valence-electron chi connectivity index (χ0n) is 14.5. The molecule has 1 heterocycles. The van der Waals surface area contributed by atoms with E-state index in [1.54, 1.807) is 7.11 Å². The molecular weight excluding hydrogens is 282 g/mol. The summed E-state index contributed by atoms with van der Waals surface area (Å²) in [7, 11) is 3.87. The molecule has 0 spiro atoms. The number of hydrogen-bond donors (Lipinski definition) is 1. The predicted octanol–water partition coefficient (Wildman–Crippen LogP) is 3.31. The summed E-state index contributed by atoms with van der Waals surface area (Å²) >= 11 is 1.82. The van der Waals surface area contributed by atoms with Crippen molar-refractivity contribution in [2.75, 3.05) is 38.8 Å². The van der Waals surface area contributed by atoms with Gasteiger partial charge in [-0.25, -0.2) is 4.98 Å². The quantitative estimate of drug-likeness (QED) is 0.710. The second kappa shape index (κ2) is 8.71. The topological polar surface area (TPSA) is 37.4 Å². The number of hydrogen-bond acceptors (Lipinski definition) is 5. The largest absolute Gasteiger partial charge is 0.383 e. The smallest absolute Gasteiger partial charge is 0.185 e. The van der Waals surface area contributed by atoms with Gasteiger partial charge in [0.05, 0.1) is 12.3 Å². The Morgan fingerprint density at radius 3 is 2.62 bits per heavy atom. The SMILES string of the molecule is CCCc1nc(N(C)CC(C)(C)C)sc1CNCCOC. The van der Waals surface area contributed by atoms with Crippen LogP contribution in [-0.4, -0.2) is 38.8 Å². The summed E-state index contributed by atoms with van der Waals surface area (Å²) in [6.07, 6.45) is 2.19. The Kier molecular flexibility index (Phi) is 7.63. The van der Waals surface area contributed by atoms with E-state index < -0.39 is 0 Å². The van der Waals surface area contributed by atoms with Crippen LogP contribution in [0.3, 0.4) is 0 Å². The van der Waals surface area contributed by atoms with Crippen LogP contribution in [0.15, 0.2) is 0 Å². The molecule has 0 unspecified atom stereocenters. The molecule has 0 aromatic carbocycles. The summed E-state index contributed by atoms with van der Waals surface area (Å²) in [6, 6.07) is 0. The van der Waals surface area contributed by atoms with E-state index in [0.717, 1.165) is 44.2 Å². The zero-order chi connectivity index (χ0) is 15.9. The van der Waals surface area contributed by atoms with E-state index >= 15 is 0 Å². The van der Waals surface area contributed by atoms with Gasteiger partial charge in [0.1, 0.15) is 0 Å². The molecule has 0 fully saturated rings. The lowest BCUT2D eigenvalue weighted by Gasteiger charge is -2.26. The third-order valence-corrected chi connectivity index (χ3v) is 4.27. The van der Waals surface area contributed by atoms with Crippen LogP contribution in [0, 0.1) is 5.41 Å². The maximum atomic E-state index is 5.07. The van der Waals surface area contributed by atoms with Crippen molar-refractivity contribution < 1.29 is 4.74 Å². The van der Waals surface area contributed by atoms with Crippen LogP contribution < -0.4 is 10.2 Å². The number of nitrogens with zero attached hydrogens (tertiary/aromatic N) is 2. The number of methoxy groups -OCH3 is 1. The lowest BCUT2D eigenvalue weighted by molar-refractivity contribution is 0.199. The molecule has 0 aliphatic carbocycles. The highest BCUT2D eigenvalue weighted by Crippen LogP contribution is 2.28. The minimum absolute atomic E-state index is 0.280. The summed E-state index contributed by atoms with van der Waals surface area (Å²) in [5.74, 6) is 0. The van der Waals surface area contributed by atoms with Crippen LogP contribution in [0.1, 0.15) is 44.7 Å². The number of anilines is 1. The van der Waals surface area contributed by atoms with Crippen LogP contribution in [0.5, 0.6) is 0 Å². The summed E-state index contributed by atoms with van der Waals surface area (Å²) < 4.78 is 5.07. The average molecular weight is 314 g/mol. The zero-order valence-corrected chi connectivity index (χ0v) is 15.3. The van der Waals surface area contributed by atoms with E-state index in [1.165, 1.54) is 10.6 Å². The first kappa shape index (κ1) is 18.4. The third kappa shape index (κ3) is 6.76. The van der Waals surface area contributed by atoms with Crippen LogP contribution in [-0.2, 0) is 17.7 Å². The number of aromatic nitrogens is 1. The second-order valence-corrected chi connectivity index (χ2v) is 7.76. The average Bonchev–Trinajstić information content (AvgIpc) is 2.77. The van der Waals surface area contributed by atoms with E-state index in [2.05, 4.69) is 45.0 Å². The van der Waals surface area contributed by atoms with Crippen LogP contribution in [0.2, 0.25) is 0 Å². The van der Waals surface area contributed by atoms with Crippen molar-refractivity contribution in [1.29, 1.82) is 0 Å². The number of rotatable bonds is 9. The number of nitrogens with one attached hydrogen (secondary N) is 1. The van der Waals surface area contributed by atoms with Crippen molar-refractivity contribution in [3.8, 4) is 0 Å². The Bertz CT molecular complexity index is 412. The first-order valence-corrected chi connectivity index (χ1v) is 8.58. The highest BCUT2D eigenvalue weighted by Gasteiger charge is 2.18. The highest BCUT2D eigenvalue weighted by atomic mass is 32.1. The molecule has 21 heavy (non-hydrogen) atoms. The molecular formula is C16H31N3OS. The van der Waals surface area contributed by atoms with Crippen LogP contribution in [0.25, 0.3) is 0 Å². The lowest BCUT2D eigenvalue weighted by Crippen LogP contribution is -2.28. The van der Waals surface area contributed by atoms with E-state index in [0.29, 0.717) is 0 Å². The van der Waals surface area contributed by atoms with Gasteiger partial charge in [-0.2, -0.15) is 0 Å². The molecule has 0 aliphatic rings. The molecule has 1 aromatic heterocycles. The summed E-state index contributed by atoms with van der Waals surface area (Å²) in [5.41, 5.74) is 1.53. The van der Waals surface area contributed by atoms with E-state index in [1.807, 2.05) is 11.3 Å². The molecule has 1 rings (SSSR count). The minimum Gasteiger partial charge on any atom is -0.383 e. The van der Waals surface area contributed by atoms with Gasteiger partial charge < -0.3 is 15.0 Å². The monoisotopic (exact) mass is 313 g/mol.